The maximum Gasteiger partial charge on any atom is 0.241 e. The van der Waals surface area contributed by atoms with Crippen molar-refractivity contribution in [2.24, 2.45) is 11.7 Å². The Morgan fingerprint density at radius 1 is 1.41 bits per heavy atom. The molecule has 3 N–H and O–H groups in total. The molecule has 1 rings (SSSR count). The summed E-state index contributed by atoms with van der Waals surface area (Å²) in [6.07, 6.45) is 0.667. The molecule has 0 aliphatic carbocycles. The van der Waals surface area contributed by atoms with Crippen molar-refractivity contribution in [3.05, 3.63) is 22.7 Å². The number of nitrogens with two attached hydrogens (primary N) is 1. The van der Waals surface area contributed by atoms with E-state index in [0.717, 1.165) is 0 Å². The zero-order valence-electron chi connectivity index (χ0n) is 13.2. The van der Waals surface area contributed by atoms with Gasteiger partial charge in [-0.25, -0.2) is 13.1 Å². The van der Waals surface area contributed by atoms with E-state index < -0.39 is 15.6 Å². The van der Waals surface area contributed by atoms with Crippen LogP contribution in [0.15, 0.2) is 27.6 Å². The molecule has 5 nitrogen and oxygen atoms in total. The molecule has 0 saturated carbocycles. The van der Waals surface area contributed by atoms with Crippen LogP contribution in [0.2, 0.25) is 0 Å². The summed E-state index contributed by atoms with van der Waals surface area (Å²) in [6, 6.07) is 4.65. The number of hydrogen-bond donors (Lipinski definition) is 2. The van der Waals surface area contributed by atoms with Crippen LogP contribution < -0.4 is 15.2 Å². The molecule has 1 aromatic carbocycles. The lowest BCUT2D eigenvalue weighted by atomic mass is 9.92. The molecule has 1 aromatic rings. The van der Waals surface area contributed by atoms with Gasteiger partial charge in [0.15, 0.2) is 0 Å². The molecule has 0 aliphatic heterocycles. The predicted octanol–water partition coefficient (Wildman–Crippen LogP) is 2.92. The monoisotopic (exact) mass is 414 g/mol. The van der Waals surface area contributed by atoms with E-state index >= 15 is 0 Å². The maximum atomic E-state index is 12.5. The number of benzene rings is 1. The van der Waals surface area contributed by atoms with E-state index in [-0.39, 0.29) is 23.8 Å². The van der Waals surface area contributed by atoms with Gasteiger partial charge in [0.25, 0.3) is 0 Å². The van der Waals surface area contributed by atoms with Crippen molar-refractivity contribution in [2.45, 2.75) is 37.6 Å². The fraction of sp³-hybridized carbons (Fsp3) is 0.571. The van der Waals surface area contributed by atoms with Gasteiger partial charge in [-0.2, -0.15) is 0 Å². The zero-order valence-corrected chi connectivity index (χ0v) is 16.4. The highest BCUT2D eigenvalue weighted by atomic mass is 79.9. The molecule has 1 atom stereocenters. The quantitative estimate of drug-likeness (QED) is 0.717. The Morgan fingerprint density at radius 2 is 2.00 bits per heavy atom. The Hall–Kier alpha value is -0.340. The molecule has 0 bridgehead atoms. The third-order valence-electron chi connectivity index (χ3n) is 3.12. The van der Waals surface area contributed by atoms with Crippen molar-refractivity contribution in [1.82, 2.24) is 4.72 Å². The largest absolute Gasteiger partial charge is 0.496 e. The van der Waals surface area contributed by atoms with Gasteiger partial charge in [-0.05, 0) is 53.4 Å². The smallest absolute Gasteiger partial charge is 0.241 e. The van der Waals surface area contributed by atoms with Crippen molar-refractivity contribution in [1.29, 1.82) is 0 Å². The summed E-state index contributed by atoms with van der Waals surface area (Å²) in [7, 11) is -2.11. The lowest BCUT2D eigenvalue weighted by Gasteiger charge is -2.30. The van der Waals surface area contributed by atoms with Crippen LogP contribution in [0.1, 0.15) is 27.2 Å². The lowest BCUT2D eigenvalue weighted by molar-refractivity contribution is 0.344. The van der Waals surface area contributed by atoms with Crippen LogP contribution in [-0.2, 0) is 10.0 Å². The van der Waals surface area contributed by atoms with Gasteiger partial charge in [-0.3, -0.25) is 0 Å². The summed E-state index contributed by atoms with van der Waals surface area (Å²) in [5.74, 6) is 0.918. The minimum atomic E-state index is -3.64. The standard InChI is InChI=1S/C14H23BrN2O3S.ClH/c1-10(2)8-14(3,9-16)17-21(18,19)11-5-6-13(20-4)12(15)7-11;/h5-7,10,17H,8-9,16H2,1-4H3;1H. The van der Waals surface area contributed by atoms with E-state index in [1.165, 1.54) is 19.2 Å². The van der Waals surface area contributed by atoms with Gasteiger partial charge in [0.2, 0.25) is 10.0 Å². The Bertz CT molecular complexity index is 596. The molecule has 22 heavy (non-hydrogen) atoms. The van der Waals surface area contributed by atoms with Crippen molar-refractivity contribution in [3.63, 3.8) is 0 Å². The molecular weight excluding hydrogens is 392 g/mol. The Labute approximate surface area is 147 Å². The van der Waals surface area contributed by atoms with Crippen LogP contribution in [0, 0.1) is 5.92 Å². The first-order valence-electron chi connectivity index (χ1n) is 6.71. The van der Waals surface area contributed by atoms with Crippen molar-refractivity contribution < 1.29 is 13.2 Å². The van der Waals surface area contributed by atoms with Crippen LogP contribution in [0.25, 0.3) is 0 Å². The molecule has 0 aliphatic rings. The number of methoxy groups -OCH3 is 1. The Balaban J connectivity index is 0.00000441. The molecular formula is C14H24BrClN2O3S. The topological polar surface area (TPSA) is 81.4 Å². The molecule has 0 amide bonds. The first-order valence-corrected chi connectivity index (χ1v) is 8.99. The zero-order chi connectivity index (χ0) is 16.3. The second kappa shape index (κ2) is 8.49. The second-order valence-corrected chi connectivity index (χ2v) is 8.30. The van der Waals surface area contributed by atoms with Crippen LogP contribution in [-0.4, -0.2) is 27.6 Å². The van der Waals surface area contributed by atoms with Crippen LogP contribution in [0.5, 0.6) is 5.75 Å². The summed E-state index contributed by atoms with van der Waals surface area (Å²) >= 11 is 3.29. The number of hydrogen-bond acceptors (Lipinski definition) is 4. The molecule has 0 heterocycles. The highest BCUT2D eigenvalue weighted by Crippen LogP contribution is 2.28. The number of nitrogens with one attached hydrogen (secondary N) is 1. The van der Waals surface area contributed by atoms with Gasteiger partial charge in [0.05, 0.1) is 16.5 Å². The molecule has 8 heteroatoms. The van der Waals surface area contributed by atoms with Gasteiger partial charge in [0.1, 0.15) is 5.75 Å². The molecule has 0 spiro atoms. The fourth-order valence-corrected chi connectivity index (χ4v) is 4.41. The molecule has 0 aromatic heterocycles. The summed E-state index contributed by atoms with van der Waals surface area (Å²) in [5.41, 5.74) is 5.09. The van der Waals surface area contributed by atoms with Crippen molar-refractivity contribution in [2.75, 3.05) is 13.7 Å². The van der Waals surface area contributed by atoms with E-state index in [1.807, 2.05) is 20.8 Å². The number of halogens is 2. The summed E-state index contributed by atoms with van der Waals surface area (Å²) in [6.45, 7) is 6.13. The minimum Gasteiger partial charge on any atom is -0.496 e. The van der Waals surface area contributed by atoms with Gasteiger partial charge >= 0.3 is 0 Å². The van der Waals surface area contributed by atoms with E-state index in [2.05, 4.69) is 20.7 Å². The average Bonchev–Trinajstić information content (AvgIpc) is 2.37. The van der Waals surface area contributed by atoms with Gasteiger partial charge in [0, 0.05) is 12.1 Å². The van der Waals surface area contributed by atoms with Crippen molar-refractivity contribution >= 4 is 38.4 Å². The summed E-state index contributed by atoms with van der Waals surface area (Å²) in [5, 5.41) is 0. The van der Waals surface area contributed by atoms with E-state index in [1.54, 1.807) is 6.07 Å². The van der Waals surface area contributed by atoms with Gasteiger partial charge in [-0.1, -0.05) is 13.8 Å². The van der Waals surface area contributed by atoms with E-state index in [4.69, 9.17) is 10.5 Å². The fourth-order valence-electron chi connectivity index (χ4n) is 2.27. The predicted molar refractivity (Wildman–Crippen MR) is 95.2 cm³/mol. The molecule has 0 fully saturated rings. The Morgan fingerprint density at radius 3 is 2.41 bits per heavy atom. The van der Waals surface area contributed by atoms with E-state index in [0.29, 0.717) is 22.6 Å². The average molecular weight is 416 g/mol. The number of sulfonamides is 1. The number of ether oxygens (including phenoxy) is 1. The molecule has 0 radical (unpaired) electrons. The first-order chi connectivity index (χ1) is 9.63. The highest BCUT2D eigenvalue weighted by Gasteiger charge is 2.30. The van der Waals surface area contributed by atoms with Gasteiger partial charge < -0.3 is 10.5 Å². The van der Waals surface area contributed by atoms with Gasteiger partial charge in [-0.15, -0.1) is 12.4 Å². The van der Waals surface area contributed by atoms with Crippen LogP contribution >= 0.6 is 28.3 Å². The minimum absolute atomic E-state index is 0. The molecule has 1 unspecified atom stereocenters. The highest BCUT2D eigenvalue weighted by molar-refractivity contribution is 9.10. The normalized spacial score (nSPS) is 14.3. The number of rotatable bonds is 7. The molecule has 0 saturated heterocycles. The lowest BCUT2D eigenvalue weighted by Crippen LogP contribution is -2.51. The molecule has 128 valence electrons. The maximum absolute atomic E-state index is 12.5. The third kappa shape index (κ3) is 5.70. The first kappa shape index (κ1) is 21.7. The Kier molecular flexibility index (Phi) is 8.36. The summed E-state index contributed by atoms with van der Waals surface area (Å²) in [4.78, 5) is 0.179. The van der Waals surface area contributed by atoms with Crippen molar-refractivity contribution in [3.8, 4) is 5.75 Å². The SMILES string of the molecule is COc1ccc(S(=O)(=O)NC(C)(CN)CC(C)C)cc1Br.Cl. The second-order valence-electron chi connectivity index (χ2n) is 5.76. The van der Waals surface area contributed by atoms with Crippen LogP contribution in [0.4, 0.5) is 0 Å². The third-order valence-corrected chi connectivity index (χ3v) is 5.38. The van der Waals surface area contributed by atoms with E-state index in [9.17, 15) is 8.42 Å². The summed E-state index contributed by atoms with van der Waals surface area (Å²) < 4.78 is 33.4. The van der Waals surface area contributed by atoms with Crippen LogP contribution in [0.3, 0.4) is 0 Å².